The fourth-order valence-electron chi connectivity index (χ4n) is 5.66. The van der Waals surface area contributed by atoms with Gasteiger partial charge in [-0.1, -0.05) is 0 Å². The number of ether oxygens (including phenoxy) is 5. The minimum atomic E-state index is -2.47. The quantitative estimate of drug-likeness (QED) is 0.479. The molecule has 0 bridgehead atoms. The zero-order valence-corrected chi connectivity index (χ0v) is 20.5. The van der Waals surface area contributed by atoms with Crippen LogP contribution in [0.4, 0.5) is 10.1 Å². The molecule has 0 amide bonds. The maximum absolute atomic E-state index is 17.4. The van der Waals surface area contributed by atoms with Crippen LogP contribution < -0.4 is 24.3 Å². The largest absolute Gasteiger partial charge is 0.502 e. The van der Waals surface area contributed by atoms with Gasteiger partial charge in [0, 0.05) is 5.69 Å². The first kappa shape index (κ1) is 23.7. The molecule has 4 atom stereocenters. The number of nitriles is 1. The predicted octanol–water partition coefficient (Wildman–Crippen LogP) is 4.19. The molecule has 3 aromatic rings. The molecule has 3 aliphatic rings. The number of alkyl halides is 1. The molecule has 0 aromatic heterocycles. The lowest BCUT2D eigenvalue weighted by molar-refractivity contribution is -0.149. The summed E-state index contributed by atoms with van der Waals surface area (Å²) >= 11 is 0. The number of hydrogen-bond acceptors (Lipinski definition) is 9. The summed E-state index contributed by atoms with van der Waals surface area (Å²) in [5.74, 6) is -2.18. The number of phenols is 1. The van der Waals surface area contributed by atoms with Crippen molar-refractivity contribution in [2.45, 2.75) is 17.6 Å². The van der Waals surface area contributed by atoms with Gasteiger partial charge in [0.25, 0.3) is 0 Å². The van der Waals surface area contributed by atoms with Crippen molar-refractivity contribution in [1.82, 2.24) is 0 Å². The van der Waals surface area contributed by atoms with Gasteiger partial charge in [-0.05, 0) is 65.2 Å². The van der Waals surface area contributed by atoms with E-state index in [1.54, 1.807) is 36.4 Å². The summed E-state index contributed by atoms with van der Waals surface area (Å²) < 4.78 is 44.6. The van der Waals surface area contributed by atoms with Crippen LogP contribution in [0.5, 0.6) is 28.7 Å². The fraction of sp³-hybridized carbons (Fsp3) is 0.286. The summed E-state index contributed by atoms with van der Waals surface area (Å²) in [5, 5.41) is 23.0. The van der Waals surface area contributed by atoms with Crippen LogP contribution in [0.25, 0.3) is 0 Å². The third kappa shape index (κ3) is 3.39. The Morgan fingerprint density at radius 2 is 1.66 bits per heavy atom. The lowest BCUT2D eigenvalue weighted by Gasteiger charge is -2.43. The third-order valence-electron chi connectivity index (χ3n) is 7.46. The van der Waals surface area contributed by atoms with Gasteiger partial charge < -0.3 is 34.1 Å². The molecule has 9 nitrogen and oxygen atoms in total. The summed E-state index contributed by atoms with van der Waals surface area (Å²) in [7, 11) is 2.75. The fourth-order valence-corrected chi connectivity index (χ4v) is 5.66. The Bertz CT molecular complexity index is 1460. The second-order valence-electron chi connectivity index (χ2n) is 9.33. The first-order valence-corrected chi connectivity index (χ1v) is 11.9. The Kier molecular flexibility index (Phi) is 5.45. The topological polar surface area (TPSA) is 119 Å². The zero-order chi connectivity index (χ0) is 26.6. The second kappa shape index (κ2) is 8.73. The number of anilines is 1. The smallest absolute Gasteiger partial charge is 0.345 e. The highest BCUT2D eigenvalue weighted by atomic mass is 19.1. The standard InChI is InChI=1S/C28H23FN2O7/c1-34-22-7-15(8-23(35-2)26(22)32)24-17-9-20-21(38-13-37-20)10-18(17)25(19-12-36-27(33)28(19,24)29)31-16-5-3-14(11-30)4-6-16/h3-10,19,24-25,31-32H,12-13H2,1-2H3/t19-,24-,25-,28-/m1/s1. The van der Waals surface area contributed by atoms with Gasteiger partial charge in [-0.2, -0.15) is 5.26 Å². The first-order valence-electron chi connectivity index (χ1n) is 11.9. The van der Waals surface area contributed by atoms with Gasteiger partial charge in [0.2, 0.25) is 18.2 Å². The van der Waals surface area contributed by atoms with Crippen molar-refractivity contribution in [2.75, 3.05) is 32.9 Å². The van der Waals surface area contributed by atoms with E-state index in [2.05, 4.69) is 11.4 Å². The average Bonchev–Trinajstić information content (AvgIpc) is 3.52. The van der Waals surface area contributed by atoms with Crippen LogP contribution in [-0.4, -0.2) is 44.4 Å². The summed E-state index contributed by atoms with van der Waals surface area (Å²) in [5.41, 5.74) is 0.208. The minimum absolute atomic E-state index is 0.0176. The molecule has 0 spiro atoms. The Hall–Kier alpha value is -4.65. The number of esters is 1. The van der Waals surface area contributed by atoms with E-state index in [0.717, 1.165) is 0 Å². The zero-order valence-electron chi connectivity index (χ0n) is 20.5. The van der Waals surface area contributed by atoms with Crippen molar-refractivity contribution in [3.63, 3.8) is 0 Å². The van der Waals surface area contributed by atoms with Gasteiger partial charge >= 0.3 is 5.97 Å². The van der Waals surface area contributed by atoms with Crippen molar-refractivity contribution in [3.8, 4) is 34.8 Å². The molecule has 3 aromatic carbocycles. The van der Waals surface area contributed by atoms with Crippen molar-refractivity contribution < 1.29 is 38.0 Å². The molecule has 0 unspecified atom stereocenters. The summed E-state index contributed by atoms with van der Waals surface area (Å²) in [6.45, 7) is -0.135. The van der Waals surface area contributed by atoms with E-state index in [1.807, 2.05) is 0 Å². The number of aromatic hydroxyl groups is 1. The number of benzene rings is 3. The Labute approximate surface area is 217 Å². The van der Waals surface area contributed by atoms with E-state index in [0.29, 0.717) is 39.4 Å². The number of cyclic esters (lactones) is 1. The summed E-state index contributed by atoms with van der Waals surface area (Å²) in [6.07, 6.45) is 0. The number of carbonyl (C=O) groups is 1. The summed E-state index contributed by atoms with van der Waals surface area (Å²) in [6, 6.07) is 14.6. The average molecular weight is 518 g/mol. The highest BCUT2D eigenvalue weighted by Gasteiger charge is 2.65. The van der Waals surface area contributed by atoms with Crippen LogP contribution in [0.2, 0.25) is 0 Å². The molecule has 1 fully saturated rings. The molecule has 6 rings (SSSR count). The van der Waals surface area contributed by atoms with Gasteiger partial charge in [-0.15, -0.1) is 0 Å². The molecule has 1 aliphatic carbocycles. The second-order valence-corrected chi connectivity index (χ2v) is 9.33. The Balaban J connectivity index is 1.57. The molecule has 0 radical (unpaired) electrons. The molecule has 2 N–H and O–H groups in total. The van der Waals surface area contributed by atoms with E-state index in [-0.39, 0.29) is 30.6 Å². The first-order chi connectivity index (χ1) is 18.4. The van der Waals surface area contributed by atoms with Gasteiger partial charge in [0.15, 0.2) is 23.0 Å². The van der Waals surface area contributed by atoms with E-state index < -0.39 is 29.5 Å². The van der Waals surface area contributed by atoms with Crippen LogP contribution in [0.15, 0.2) is 48.5 Å². The number of fused-ring (bicyclic) bond motifs is 3. The van der Waals surface area contributed by atoms with Gasteiger partial charge in [-0.3, -0.25) is 0 Å². The molecule has 38 heavy (non-hydrogen) atoms. The maximum Gasteiger partial charge on any atom is 0.345 e. The number of nitrogens with one attached hydrogen (secondary N) is 1. The van der Waals surface area contributed by atoms with Crippen LogP contribution >= 0.6 is 0 Å². The minimum Gasteiger partial charge on any atom is -0.502 e. The van der Waals surface area contributed by atoms with Crippen molar-refractivity contribution in [2.24, 2.45) is 5.92 Å². The molecule has 2 heterocycles. The van der Waals surface area contributed by atoms with Crippen molar-refractivity contribution in [3.05, 3.63) is 70.8 Å². The van der Waals surface area contributed by atoms with Crippen LogP contribution in [-0.2, 0) is 9.53 Å². The normalized spacial score (nSPS) is 24.6. The summed E-state index contributed by atoms with van der Waals surface area (Å²) in [4.78, 5) is 13.2. The lowest BCUT2D eigenvalue weighted by atomic mass is 9.63. The van der Waals surface area contributed by atoms with Crippen molar-refractivity contribution >= 4 is 11.7 Å². The van der Waals surface area contributed by atoms with E-state index >= 15 is 4.39 Å². The molecular formula is C28H23FN2O7. The number of rotatable bonds is 5. The lowest BCUT2D eigenvalue weighted by Crippen LogP contribution is -2.50. The Morgan fingerprint density at radius 1 is 1.03 bits per heavy atom. The molecule has 2 aliphatic heterocycles. The van der Waals surface area contributed by atoms with E-state index in [9.17, 15) is 9.90 Å². The number of phenolic OH excluding ortho intramolecular Hbond substituents is 1. The van der Waals surface area contributed by atoms with Gasteiger partial charge in [0.05, 0.1) is 43.7 Å². The van der Waals surface area contributed by atoms with E-state index in [1.165, 1.54) is 26.4 Å². The third-order valence-corrected chi connectivity index (χ3v) is 7.46. The van der Waals surface area contributed by atoms with Gasteiger partial charge in [-0.25, -0.2) is 9.18 Å². The monoisotopic (exact) mass is 518 g/mol. The number of halogens is 1. The molecule has 10 heteroatoms. The number of carbonyl (C=O) groups excluding carboxylic acids is 1. The van der Waals surface area contributed by atoms with Crippen LogP contribution in [0.1, 0.15) is 34.2 Å². The molecule has 1 saturated heterocycles. The molecular weight excluding hydrogens is 495 g/mol. The van der Waals surface area contributed by atoms with Gasteiger partial charge in [0.1, 0.15) is 6.61 Å². The highest BCUT2D eigenvalue weighted by Crippen LogP contribution is 2.59. The molecule has 194 valence electrons. The Morgan fingerprint density at radius 3 is 2.26 bits per heavy atom. The number of nitrogens with zero attached hydrogens (tertiary/aromatic N) is 1. The number of methoxy groups -OCH3 is 2. The highest BCUT2D eigenvalue weighted by molar-refractivity contribution is 5.86. The van der Waals surface area contributed by atoms with Crippen LogP contribution in [0.3, 0.4) is 0 Å². The SMILES string of the molecule is COc1cc([C@@H]2c3cc4c(cc3[C@@H](Nc3ccc(C#N)cc3)[C@H]3COC(=O)[C@]23F)OCO4)cc(OC)c1O. The van der Waals surface area contributed by atoms with E-state index in [4.69, 9.17) is 28.9 Å². The predicted molar refractivity (Wildman–Crippen MR) is 131 cm³/mol. The maximum atomic E-state index is 17.4. The van der Waals surface area contributed by atoms with Crippen LogP contribution in [0, 0.1) is 17.2 Å². The number of hydrogen-bond donors (Lipinski definition) is 2. The molecule has 0 saturated carbocycles. The van der Waals surface area contributed by atoms with Crippen molar-refractivity contribution in [1.29, 1.82) is 5.26 Å².